The van der Waals surface area contributed by atoms with Crippen LogP contribution in [0.2, 0.25) is 0 Å². The number of hydrogen-bond donors (Lipinski definition) is 1. The lowest BCUT2D eigenvalue weighted by Gasteiger charge is -2.21. The van der Waals surface area contributed by atoms with Gasteiger partial charge >= 0.3 is 12.2 Å². The van der Waals surface area contributed by atoms with Crippen LogP contribution in [0.4, 0.5) is 0 Å². The zero-order valence-corrected chi connectivity index (χ0v) is 14.2. The zero-order chi connectivity index (χ0) is 18.8. The number of esters is 1. The van der Waals surface area contributed by atoms with E-state index in [-0.39, 0.29) is 18.5 Å². The molecule has 0 aliphatic heterocycles. The number of carbonyl (C=O) groups excluding carboxylic acids is 3. The molecule has 0 aliphatic rings. The molecule has 0 bridgehead atoms. The molecular weight excluding hydrogens is 332 g/mol. The van der Waals surface area contributed by atoms with Gasteiger partial charge < -0.3 is 24.7 Å². The van der Waals surface area contributed by atoms with Gasteiger partial charge in [0.25, 0.3) is 5.91 Å². The molecule has 0 spiro atoms. The maximum atomic E-state index is 12.4. The first-order valence-electron chi connectivity index (χ1n) is 7.51. The number of rotatable bonds is 10. The number of ketones is 1. The van der Waals surface area contributed by atoms with Gasteiger partial charge in [0.15, 0.2) is 12.5 Å². The molecule has 0 unspecified atom stereocenters. The van der Waals surface area contributed by atoms with Crippen LogP contribution in [0.3, 0.4) is 0 Å². The first-order valence-corrected chi connectivity index (χ1v) is 7.51. The summed E-state index contributed by atoms with van der Waals surface area (Å²) in [7, 11) is 1.31. The van der Waals surface area contributed by atoms with Crippen molar-refractivity contribution in [3.63, 3.8) is 0 Å². The van der Waals surface area contributed by atoms with Crippen molar-refractivity contribution in [2.45, 2.75) is 44.9 Å². The average Bonchev–Trinajstić information content (AvgIpc) is 3.05. The molecule has 1 N–H and O–H groups in total. The summed E-state index contributed by atoms with van der Waals surface area (Å²) in [4.78, 5) is 42.4. The molecule has 2 atom stereocenters. The van der Waals surface area contributed by atoms with Gasteiger partial charge in [-0.15, -0.1) is 0 Å². The molecule has 0 saturated carbocycles. The minimum Gasteiger partial charge on any atom is -0.461 e. The quantitative estimate of drug-likeness (QED) is 0.278. The van der Waals surface area contributed by atoms with Crippen molar-refractivity contribution in [1.29, 1.82) is 0 Å². The van der Waals surface area contributed by atoms with Crippen LogP contribution in [0, 0.1) is 0 Å². The van der Waals surface area contributed by atoms with Gasteiger partial charge in [0, 0.05) is 13.5 Å². The Labute approximate surface area is 144 Å². The van der Waals surface area contributed by atoms with Crippen LogP contribution < -0.4 is 5.32 Å². The van der Waals surface area contributed by atoms with Crippen molar-refractivity contribution in [2.75, 3.05) is 7.11 Å². The van der Waals surface area contributed by atoms with E-state index in [1.807, 2.05) is 0 Å². The predicted octanol–water partition coefficient (Wildman–Crippen LogP) is 0.448. The van der Waals surface area contributed by atoms with Gasteiger partial charge in [0.2, 0.25) is 5.78 Å². The SMILES string of the molecule is CO[C@@H](C(=O)N[C@@H](CCC(=O)C=[N+]=[N-])C(=O)OC(C)C)c1cocn1. The van der Waals surface area contributed by atoms with Crippen LogP contribution in [0.1, 0.15) is 38.5 Å². The van der Waals surface area contributed by atoms with Gasteiger partial charge in [-0.05, 0) is 20.3 Å². The average molecular weight is 352 g/mol. The summed E-state index contributed by atoms with van der Waals surface area (Å²) in [6, 6.07) is -1.07. The Morgan fingerprint density at radius 2 is 2.16 bits per heavy atom. The molecule has 25 heavy (non-hydrogen) atoms. The third-order valence-corrected chi connectivity index (χ3v) is 3.03. The number of nitrogens with zero attached hydrogens (tertiary/aromatic N) is 3. The molecule has 1 heterocycles. The van der Waals surface area contributed by atoms with Crippen molar-refractivity contribution in [2.24, 2.45) is 0 Å². The number of oxazole rings is 1. The fraction of sp³-hybridized carbons (Fsp3) is 0.533. The van der Waals surface area contributed by atoms with Crippen LogP contribution in [0.5, 0.6) is 0 Å². The van der Waals surface area contributed by atoms with Crippen molar-refractivity contribution in [3.05, 3.63) is 23.9 Å². The summed E-state index contributed by atoms with van der Waals surface area (Å²) >= 11 is 0. The zero-order valence-electron chi connectivity index (χ0n) is 14.2. The van der Waals surface area contributed by atoms with Crippen molar-refractivity contribution >= 4 is 23.9 Å². The lowest BCUT2D eigenvalue weighted by atomic mass is 10.1. The van der Waals surface area contributed by atoms with E-state index in [0.29, 0.717) is 0 Å². The highest BCUT2D eigenvalue weighted by atomic mass is 16.5. The molecule has 0 fully saturated rings. The van der Waals surface area contributed by atoms with E-state index in [9.17, 15) is 14.4 Å². The Morgan fingerprint density at radius 3 is 2.68 bits per heavy atom. The number of nitrogens with one attached hydrogen (secondary N) is 1. The topological polar surface area (TPSA) is 144 Å². The molecule has 1 amide bonds. The Morgan fingerprint density at radius 1 is 1.44 bits per heavy atom. The van der Waals surface area contributed by atoms with Crippen LogP contribution >= 0.6 is 0 Å². The number of Topliss-reactive ketones (excluding diaryl/α,β-unsaturated/α-hetero) is 1. The van der Waals surface area contributed by atoms with Crippen LogP contribution in [-0.2, 0) is 23.9 Å². The van der Waals surface area contributed by atoms with E-state index < -0.39 is 35.9 Å². The number of amides is 1. The number of methoxy groups -OCH3 is 1. The first-order chi connectivity index (χ1) is 11.9. The minimum absolute atomic E-state index is 0.0304. The second-order valence-electron chi connectivity index (χ2n) is 5.33. The number of ether oxygens (including phenoxy) is 2. The second kappa shape index (κ2) is 10.1. The molecule has 0 saturated heterocycles. The van der Waals surface area contributed by atoms with Crippen molar-refractivity contribution < 1.29 is 33.1 Å². The molecular formula is C15H20N4O6. The Kier molecular flexibility index (Phi) is 8.17. The molecule has 0 aromatic carbocycles. The van der Waals surface area contributed by atoms with Crippen LogP contribution in [0.25, 0.3) is 5.53 Å². The fourth-order valence-electron chi connectivity index (χ4n) is 1.94. The maximum absolute atomic E-state index is 12.4. The third-order valence-electron chi connectivity index (χ3n) is 3.03. The summed E-state index contributed by atoms with van der Waals surface area (Å²) in [5, 5.41) is 2.48. The molecule has 0 aliphatic carbocycles. The second-order valence-corrected chi connectivity index (χ2v) is 5.33. The first kappa shape index (κ1) is 20.2. The molecule has 1 rings (SSSR count). The highest BCUT2D eigenvalue weighted by Crippen LogP contribution is 2.15. The molecule has 136 valence electrons. The van der Waals surface area contributed by atoms with E-state index in [0.717, 1.165) is 12.6 Å². The van der Waals surface area contributed by atoms with Crippen LogP contribution in [0.15, 0.2) is 17.1 Å². The van der Waals surface area contributed by atoms with Gasteiger partial charge in [-0.1, -0.05) is 0 Å². The van der Waals surface area contributed by atoms with E-state index in [2.05, 4.69) is 15.1 Å². The van der Waals surface area contributed by atoms with Gasteiger partial charge in [-0.2, -0.15) is 4.79 Å². The highest BCUT2D eigenvalue weighted by Gasteiger charge is 2.29. The van der Waals surface area contributed by atoms with Crippen molar-refractivity contribution in [3.8, 4) is 0 Å². The fourth-order valence-corrected chi connectivity index (χ4v) is 1.94. The van der Waals surface area contributed by atoms with Crippen LogP contribution in [-0.4, -0.2) is 52.9 Å². The molecule has 0 radical (unpaired) electrons. The summed E-state index contributed by atoms with van der Waals surface area (Å²) in [6.07, 6.45) is 1.49. The Bertz CT molecular complexity index is 636. The summed E-state index contributed by atoms with van der Waals surface area (Å²) in [5.74, 6) is -1.82. The van der Waals surface area contributed by atoms with Gasteiger partial charge in [-0.3, -0.25) is 9.59 Å². The monoisotopic (exact) mass is 352 g/mol. The largest absolute Gasteiger partial charge is 0.461 e. The standard InChI is InChI=1S/C15H20N4O6/c1-9(2)25-15(22)11(5-4-10(20)6-18-16)19-14(21)13(23-3)12-7-24-8-17-12/h6-9,11,13H,4-5H2,1-3H3,(H,19,21)/t11-,13+/m0/s1. The van der Waals surface area contributed by atoms with E-state index in [1.165, 1.54) is 13.4 Å². The molecule has 10 nitrogen and oxygen atoms in total. The summed E-state index contributed by atoms with van der Waals surface area (Å²) < 4.78 is 15.0. The number of hydrogen-bond acceptors (Lipinski definition) is 7. The normalized spacial score (nSPS) is 12.8. The maximum Gasteiger partial charge on any atom is 0.328 e. The van der Waals surface area contributed by atoms with Gasteiger partial charge in [0.1, 0.15) is 18.0 Å². The third kappa shape index (κ3) is 6.66. The Hall–Kier alpha value is -2.84. The smallest absolute Gasteiger partial charge is 0.328 e. The number of aromatic nitrogens is 1. The lowest BCUT2D eigenvalue weighted by Crippen LogP contribution is -2.45. The summed E-state index contributed by atoms with van der Waals surface area (Å²) in [5.41, 5.74) is 8.58. The molecule has 1 aromatic rings. The Balaban J connectivity index is 2.83. The van der Waals surface area contributed by atoms with Gasteiger partial charge in [-0.25, -0.2) is 9.78 Å². The van der Waals surface area contributed by atoms with E-state index in [4.69, 9.17) is 19.4 Å². The van der Waals surface area contributed by atoms with Gasteiger partial charge in [0.05, 0.1) is 6.10 Å². The highest BCUT2D eigenvalue weighted by molar-refractivity contribution is 6.25. The minimum atomic E-state index is -1.08. The van der Waals surface area contributed by atoms with E-state index >= 15 is 0 Å². The van der Waals surface area contributed by atoms with E-state index in [1.54, 1.807) is 13.8 Å². The number of carbonyl (C=O) groups is 3. The molecule has 1 aromatic heterocycles. The lowest BCUT2D eigenvalue weighted by molar-refractivity contribution is -0.153. The summed E-state index contributed by atoms with van der Waals surface area (Å²) in [6.45, 7) is 3.32. The predicted molar refractivity (Wildman–Crippen MR) is 83.3 cm³/mol. The molecule has 10 heteroatoms. The van der Waals surface area contributed by atoms with Crippen molar-refractivity contribution in [1.82, 2.24) is 10.3 Å².